The Hall–Kier alpha value is -0.570. The lowest BCUT2D eigenvalue weighted by molar-refractivity contribution is -0.158. The molecule has 0 saturated heterocycles. The van der Waals surface area contributed by atoms with Gasteiger partial charge in [-0.05, 0) is 24.2 Å². The van der Waals surface area contributed by atoms with Crippen LogP contribution in [0.3, 0.4) is 0 Å². The second-order valence-electron chi connectivity index (χ2n) is 6.31. The molecule has 17 heavy (non-hydrogen) atoms. The van der Waals surface area contributed by atoms with E-state index in [9.17, 15) is 4.79 Å². The Morgan fingerprint density at radius 2 is 1.82 bits per heavy atom. The molecule has 3 heteroatoms. The summed E-state index contributed by atoms with van der Waals surface area (Å²) < 4.78 is 5.32. The maximum absolute atomic E-state index is 12.1. The Morgan fingerprint density at radius 1 is 1.29 bits per heavy atom. The van der Waals surface area contributed by atoms with Crippen molar-refractivity contribution in [2.24, 2.45) is 23.0 Å². The van der Waals surface area contributed by atoms with E-state index >= 15 is 0 Å². The Kier molecular flexibility index (Phi) is 6.76. The molecule has 0 fully saturated rings. The highest BCUT2D eigenvalue weighted by molar-refractivity contribution is 5.73. The van der Waals surface area contributed by atoms with Crippen LogP contribution in [-0.2, 0) is 9.53 Å². The zero-order valence-electron chi connectivity index (χ0n) is 12.2. The van der Waals surface area contributed by atoms with Crippen molar-refractivity contribution in [3.05, 3.63) is 0 Å². The third-order valence-electron chi connectivity index (χ3n) is 2.88. The van der Waals surface area contributed by atoms with Crippen LogP contribution in [0.5, 0.6) is 0 Å². The number of carbonyl (C=O) groups is 1. The summed E-state index contributed by atoms with van der Waals surface area (Å²) in [5.41, 5.74) is 5.68. The molecule has 2 unspecified atom stereocenters. The van der Waals surface area contributed by atoms with Gasteiger partial charge in [-0.15, -0.1) is 0 Å². The molecule has 0 aliphatic heterocycles. The van der Waals surface area contributed by atoms with Gasteiger partial charge in [0.05, 0.1) is 5.92 Å². The summed E-state index contributed by atoms with van der Waals surface area (Å²) in [5, 5.41) is 0. The molecule has 0 rings (SSSR count). The second kappa shape index (κ2) is 7.00. The molecule has 102 valence electrons. The predicted octanol–water partition coefficient (Wildman–Crippen LogP) is 3.32. The van der Waals surface area contributed by atoms with Crippen molar-refractivity contribution in [3.63, 3.8) is 0 Å². The van der Waals surface area contributed by atoms with Gasteiger partial charge in [-0.25, -0.2) is 0 Å². The Balaban J connectivity index is 4.54. The van der Waals surface area contributed by atoms with Crippen molar-refractivity contribution < 1.29 is 9.53 Å². The van der Waals surface area contributed by atoms with E-state index in [1.54, 1.807) is 0 Å². The third kappa shape index (κ3) is 6.67. The summed E-state index contributed by atoms with van der Waals surface area (Å²) in [6.07, 6.45) is 2.05. The molecule has 0 bridgehead atoms. The molecule has 3 nitrogen and oxygen atoms in total. The van der Waals surface area contributed by atoms with Crippen molar-refractivity contribution in [1.29, 1.82) is 0 Å². The first-order valence-electron chi connectivity index (χ1n) is 6.64. The highest BCUT2D eigenvalue weighted by Gasteiger charge is 2.33. The van der Waals surface area contributed by atoms with Crippen LogP contribution in [0.2, 0.25) is 0 Å². The molecule has 0 heterocycles. The predicted molar refractivity (Wildman–Crippen MR) is 71.4 cm³/mol. The van der Waals surface area contributed by atoms with E-state index in [-0.39, 0.29) is 17.3 Å². The summed E-state index contributed by atoms with van der Waals surface area (Å²) >= 11 is 0. The van der Waals surface area contributed by atoms with Crippen molar-refractivity contribution in [1.82, 2.24) is 0 Å². The van der Waals surface area contributed by atoms with Gasteiger partial charge in [0.25, 0.3) is 0 Å². The second-order valence-corrected chi connectivity index (χ2v) is 6.31. The maximum Gasteiger partial charge on any atom is 0.311 e. The lowest BCUT2D eigenvalue weighted by Gasteiger charge is -2.31. The summed E-state index contributed by atoms with van der Waals surface area (Å²) in [5.74, 6) is 0.256. The fourth-order valence-electron chi connectivity index (χ4n) is 1.85. The number of ether oxygens (including phenoxy) is 1. The van der Waals surface area contributed by atoms with E-state index in [0.717, 1.165) is 19.3 Å². The molecule has 0 aromatic rings. The highest BCUT2D eigenvalue weighted by atomic mass is 16.6. The summed E-state index contributed by atoms with van der Waals surface area (Å²) in [4.78, 5) is 12.1. The van der Waals surface area contributed by atoms with Crippen LogP contribution in [0.25, 0.3) is 0 Å². The fourth-order valence-corrected chi connectivity index (χ4v) is 1.85. The largest absolute Gasteiger partial charge is 0.447 e. The minimum atomic E-state index is -0.454. The molecule has 0 aliphatic rings. The summed E-state index contributed by atoms with van der Waals surface area (Å²) in [7, 11) is 0. The van der Waals surface area contributed by atoms with Crippen LogP contribution >= 0.6 is 0 Å². The van der Waals surface area contributed by atoms with Crippen molar-refractivity contribution in [2.75, 3.05) is 0 Å². The lowest BCUT2D eigenvalue weighted by Crippen LogP contribution is -2.36. The molecular formula is C14H29NO2. The number of esters is 1. The maximum atomic E-state index is 12.1. The van der Waals surface area contributed by atoms with Gasteiger partial charge in [-0.1, -0.05) is 48.0 Å². The minimum Gasteiger partial charge on any atom is -0.447 e. The number of carbonyl (C=O) groups excluding carboxylic acids is 1. The van der Waals surface area contributed by atoms with Gasteiger partial charge in [0.15, 0.2) is 6.23 Å². The smallest absolute Gasteiger partial charge is 0.311 e. The molecule has 0 aliphatic carbocycles. The molecule has 0 aromatic carbocycles. The van der Waals surface area contributed by atoms with Gasteiger partial charge in [-0.3, -0.25) is 10.5 Å². The van der Waals surface area contributed by atoms with Crippen LogP contribution in [0.1, 0.15) is 60.8 Å². The van der Waals surface area contributed by atoms with Crippen LogP contribution in [0.15, 0.2) is 0 Å². The van der Waals surface area contributed by atoms with Crippen LogP contribution in [0.4, 0.5) is 0 Å². The van der Waals surface area contributed by atoms with Crippen molar-refractivity contribution >= 4 is 5.97 Å². The number of rotatable bonds is 6. The third-order valence-corrected chi connectivity index (χ3v) is 2.88. The normalized spacial score (nSPS) is 15.8. The first kappa shape index (κ1) is 16.4. The summed E-state index contributed by atoms with van der Waals surface area (Å²) in [6, 6.07) is 0. The molecule has 0 spiro atoms. The first-order chi connectivity index (χ1) is 7.68. The average molecular weight is 243 g/mol. The molecule has 0 aromatic heterocycles. The Morgan fingerprint density at radius 3 is 2.18 bits per heavy atom. The van der Waals surface area contributed by atoms with Crippen LogP contribution in [-0.4, -0.2) is 12.2 Å². The minimum absolute atomic E-state index is 0.0761. The van der Waals surface area contributed by atoms with E-state index in [0.29, 0.717) is 5.92 Å². The highest BCUT2D eigenvalue weighted by Crippen LogP contribution is 2.32. The van der Waals surface area contributed by atoms with Gasteiger partial charge in [0.2, 0.25) is 0 Å². The van der Waals surface area contributed by atoms with Crippen LogP contribution in [0, 0.1) is 17.3 Å². The zero-order chi connectivity index (χ0) is 13.6. The zero-order valence-corrected chi connectivity index (χ0v) is 12.2. The number of hydrogen-bond acceptors (Lipinski definition) is 3. The molecule has 0 saturated carbocycles. The van der Waals surface area contributed by atoms with Crippen molar-refractivity contribution in [3.8, 4) is 0 Å². The number of nitrogens with two attached hydrogens (primary N) is 1. The van der Waals surface area contributed by atoms with E-state index in [1.807, 2.05) is 6.92 Å². The standard InChI is InChI=1S/C14H29NO2/c1-7-8-12(15)17-13(16)11(9-10(2)3)14(4,5)6/h10-12H,7-9,15H2,1-6H3. The van der Waals surface area contributed by atoms with E-state index in [4.69, 9.17) is 10.5 Å². The summed E-state index contributed by atoms with van der Waals surface area (Å²) in [6.45, 7) is 12.5. The molecule has 2 N–H and O–H groups in total. The Bertz CT molecular complexity index is 231. The monoisotopic (exact) mass is 243 g/mol. The first-order valence-corrected chi connectivity index (χ1v) is 6.64. The van der Waals surface area contributed by atoms with Crippen LogP contribution < -0.4 is 5.73 Å². The van der Waals surface area contributed by atoms with E-state index in [1.165, 1.54) is 0 Å². The molecule has 0 radical (unpaired) electrons. The van der Waals surface area contributed by atoms with Gasteiger partial charge >= 0.3 is 5.97 Å². The molecular weight excluding hydrogens is 214 g/mol. The Labute approximate surface area is 106 Å². The van der Waals surface area contributed by atoms with Crippen molar-refractivity contribution in [2.45, 2.75) is 67.0 Å². The average Bonchev–Trinajstić information content (AvgIpc) is 2.12. The lowest BCUT2D eigenvalue weighted by atomic mass is 9.76. The van der Waals surface area contributed by atoms with Gasteiger partial charge in [0.1, 0.15) is 0 Å². The molecule has 2 atom stereocenters. The van der Waals surface area contributed by atoms with Gasteiger partial charge < -0.3 is 4.74 Å². The van der Waals surface area contributed by atoms with E-state index < -0.39 is 6.23 Å². The SMILES string of the molecule is CCCC(N)OC(=O)C(CC(C)C)C(C)(C)C. The van der Waals surface area contributed by atoms with Gasteiger partial charge in [0, 0.05) is 0 Å². The topological polar surface area (TPSA) is 52.3 Å². The molecule has 0 amide bonds. The number of hydrogen-bond donors (Lipinski definition) is 1. The quantitative estimate of drug-likeness (QED) is 0.575. The fraction of sp³-hybridized carbons (Fsp3) is 0.929. The van der Waals surface area contributed by atoms with Gasteiger partial charge in [-0.2, -0.15) is 0 Å². The van der Waals surface area contributed by atoms with E-state index in [2.05, 4.69) is 34.6 Å².